The van der Waals surface area contributed by atoms with Crippen molar-refractivity contribution in [2.45, 2.75) is 57.1 Å². The molecule has 0 aliphatic heterocycles. The quantitative estimate of drug-likeness (QED) is 0.0687. The molecule has 184 valence electrons. The molecule has 0 saturated heterocycles. The van der Waals surface area contributed by atoms with Crippen LogP contribution in [-0.2, 0) is 4.79 Å². The molecule has 9 heteroatoms. The van der Waals surface area contributed by atoms with Gasteiger partial charge in [-0.15, -0.1) is 0 Å². The van der Waals surface area contributed by atoms with Gasteiger partial charge in [-0.3, -0.25) is 9.79 Å². The first kappa shape index (κ1) is 26.2. The zero-order valence-electron chi connectivity index (χ0n) is 20.0. The normalized spacial score (nSPS) is 24.1. The number of carbonyl (C=O) groups excluding carboxylic acids is 1. The van der Waals surface area contributed by atoms with Crippen LogP contribution in [0.1, 0.15) is 51.0 Å². The Bertz CT molecular complexity index is 1020. The number of halogens is 1. The van der Waals surface area contributed by atoms with Gasteiger partial charge >= 0.3 is 0 Å². The van der Waals surface area contributed by atoms with Gasteiger partial charge in [-0.1, -0.05) is 11.2 Å². The molecular formula is C25H34IN5O3. The van der Waals surface area contributed by atoms with Crippen LogP contribution in [0.25, 0.3) is 0 Å². The van der Waals surface area contributed by atoms with Crippen LogP contribution in [0.5, 0.6) is 0 Å². The monoisotopic (exact) mass is 579 g/mol. The summed E-state index contributed by atoms with van der Waals surface area (Å²) >= 11 is 1.99. The van der Waals surface area contributed by atoms with Crippen LogP contribution in [0.3, 0.4) is 0 Å². The van der Waals surface area contributed by atoms with Gasteiger partial charge in [-0.05, 0) is 92.3 Å². The van der Waals surface area contributed by atoms with Crippen molar-refractivity contribution in [3.8, 4) is 0 Å². The molecule has 0 atom stereocenters. The van der Waals surface area contributed by atoms with E-state index < -0.39 is 5.60 Å². The molecule has 8 nitrogen and oxygen atoms in total. The Morgan fingerprint density at radius 2 is 1.94 bits per heavy atom. The number of benzene rings is 1. The van der Waals surface area contributed by atoms with Gasteiger partial charge in [0.15, 0.2) is 0 Å². The summed E-state index contributed by atoms with van der Waals surface area (Å²) in [5.41, 5.74) is 9.08. The third-order valence-electron chi connectivity index (χ3n) is 6.23. The van der Waals surface area contributed by atoms with Crippen LogP contribution in [0, 0.1) is 5.92 Å². The molecule has 0 aromatic heterocycles. The minimum absolute atomic E-state index is 0.157. The summed E-state index contributed by atoms with van der Waals surface area (Å²) in [6, 6.07) is 3.83. The van der Waals surface area contributed by atoms with E-state index in [1.807, 2.05) is 60.6 Å². The number of anilines is 3. The van der Waals surface area contributed by atoms with E-state index in [-0.39, 0.29) is 11.9 Å². The van der Waals surface area contributed by atoms with Crippen LogP contribution in [0.15, 0.2) is 44.1 Å². The van der Waals surface area contributed by atoms with Gasteiger partial charge in [0, 0.05) is 37.5 Å². The Morgan fingerprint density at radius 1 is 1.26 bits per heavy atom. The molecule has 2 saturated carbocycles. The summed E-state index contributed by atoms with van der Waals surface area (Å²) in [5.74, 6) is 0.0739. The number of carbonyl (C=O) groups is 1. The van der Waals surface area contributed by atoms with Crippen LogP contribution in [0.4, 0.5) is 17.1 Å². The van der Waals surface area contributed by atoms with Crippen molar-refractivity contribution in [2.24, 2.45) is 16.1 Å². The van der Waals surface area contributed by atoms with E-state index >= 15 is 0 Å². The van der Waals surface area contributed by atoms with Gasteiger partial charge in [0.1, 0.15) is 0 Å². The van der Waals surface area contributed by atoms with Crippen molar-refractivity contribution in [3.63, 3.8) is 0 Å². The zero-order valence-corrected chi connectivity index (χ0v) is 22.1. The molecule has 0 radical (unpaired) electrons. The minimum Gasteiger partial charge on any atom is -0.411 e. The van der Waals surface area contributed by atoms with Gasteiger partial charge in [0.05, 0.1) is 32.3 Å². The second kappa shape index (κ2) is 11.4. The fourth-order valence-electron chi connectivity index (χ4n) is 3.88. The molecule has 1 aromatic carbocycles. The minimum atomic E-state index is -0.597. The summed E-state index contributed by atoms with van der Waals surface area (Å²) in [6.07, 6.45) is 12.1. The highest BCUT2D eigenvalue weighted by Gasteiger charge is 2.28. The number of hydrogen-bond acceptors (Lipinski definition) is 7. The number of aliphatic imine (C=N–C) groups is 1. The van der Waals surface area contributed by atoms with Gasteiger partial charge < -0.3 is 26.3 Å². The standard InChI is InChI=1S/C25H34IN5O3/c1-25(33)11-9-18(10-12-25)28-15-17-13-22(23(31(2)3)14-20(17)27)29-24(32)19(26)5-4-6-21(30-34)16-7-8-16/h4-6,13-16,18,33-34H,7-12,27H2,1-3H3,(H,29,32)/b6-4-,19-5-,28-15?,30-21-. The summed E-state index contributed by atoms with van der Waals surface area (Å²) in [7, 11) is 3.78. The van der Waals surface area contributed by atoms with E-state index in [2.05, 4.69) is 10.5 Å². The lowest BCUT2D eigenvalue weighted by Gasteiger charge is -2.31. The van der Waals surface area contributed by atoms with Crippen molar-refractivity contribution >= 4 is 57.5 Å². The van der Waals surface area contributed by atoms with Gasteiger partial charge in [0.2, 0.25) is 0 Å². The highest BCUT2D eigenvalue weighted by Crippen LogP contribution is 2.33. The average Bonchev–Trinajstić information content (AvgIpc) is 3.62. The zero-order chi connectivity index (χ0) is 24.9. The van der Waals surface area contributed by atoms with Crippen molar-refractivity contribution < 1.29 is 15.1 Å². The van der Waals surface area contributed by atoms with E-state index in [0.29, 0.717) is 26.6 Å². The molecule has 0 unspecified atom stereocenters. The first-order valence-corrected chi connectivity index (χ1v) is 12.6. The molecule has 5 N–H and O–H groups in total. The van der Waals surface area contributed by atoms with Crippen LogP contribution in [0.2, 0.25) is 0 Å². The van der Waals surface area contributed by atoms with E-state index in [1.165, 1.54) is 0 Å². The second-order valence-electron chi connectivity index (χ2n) is 9.53. The Morgan fingerprint density at radius 3 is 2.53 bits per heavy atom. The molecule has 2 aliphatic rings. The lowest BCUT2D eigenvalue weighted by Crippen LogP contribution is -2.31. The molecule has 3 rings (SSSR count). The highest BCUT2D eigenvalue weighted by atomic mass is 127. The fourth-order valence-corrected chi connectivity index (χ4v) is 4.22. The van der Waals surface area contributed by atoms with E-state index in [4.69, 9.17) is 15.9 Å². The molecule has 0 heterocycles. The van der Waals surface area contributed by atoms with Gasteiger partial charge in [-0.2, -0.15) is 0 Å². The van der Waals surface area contributed by atoms with Crippen molar-refractivity contribution in [3.05, 3.63) is 39.5 Å². The maximum atomic E-state index is 12.8. The van der Waals surface area contributed by atoms with Crippen molar-refractivity contribution in [1.29, 1.82) is 0 Å². The third-order valence-corrected chi connectivity index (χ3v) is 7.08. The third kappa shape index (κ3) is 7.30. The maximum Gasteiger partial charge on any atom is 0.261 e. The Hall–Kier alpha value is -2.40. The SMILES string of the molecule is CN(C)c1cc(N)c(C=NC2CCC(C)(O)CC2)cc1NC(=O)/C(I)=C/C=C\C(=N\O)C1CC1. The predicted octanol–water partition coefficient (Wildman–Crippen LogP) is 4.50. The predicted molar refractivity (Wildman–Crippen MR) is 147 cm³/mol. The number of oxime groups is 1. The number of nitrogen functional groups attached to an aromatic ring is 1. The largest absolute Gasteiger partial charge is 0.411 e. The summed E-state index contributed by atoms with van der Waals surface area (Å²) in [6.45, 7) is 1.87. The number of amides is 1. The van der Waals surface area contributed by atoms with Crippen LogP contribution >= 0.6 is 22.6 Å². The summed E-state index contributed by atoms with van der Waals surface area (Å²) in [5, 5.41) is 25.5. The van der Waals surface area contributed by atoms with E-state index in [9.17, 15) is 9.90 Å². The lowest BCUT2D eigenvalue weighted by atomic mass is 9.84. The van der Waals surface area contributed by atoms with Crippen LogP contribution < -0.4 is 16.0 Å². The first-order chi connectivity index (χ1) is 16.1. The number of hydrogen-bond donors (Lipinski definition) is 4. The molecule has 2 fully saturated rings. The summed E-state index contributed by atoms with van der Waals surface area (Å²) in [4.78, 5) is 19.4. The molecule has 0 bridgehead atoms. The average molecular weight is 579 g/mol. The Kier molecular flexibility index (Phi) is 8.75. The number of nitrogens with one attached hydrogen (secondary N) is 1. The molecular weight excluding hydrogens is 545 g/mol. The van der Waals surface area contributed by atoms with Gasteiger partial charge in [-0.25, -0.2) is 0 Å². The molecule has 2 aliphatic carbocycles. The highest BCUT2D eigenvalue weighted by molar-refractivity contribution is 14.1. The molecule has 34 heavy (non-hydrogen) atoms. The molecule has 1 amide bonds. The lowest BCUT2D eigenvalue weighted by molar-refractivity contribution is -0.112. The molecule has 0 spiro atoms. The van der Waals surface area contributed by atoms with Crippen molar-refractivity contribution in [1.82, 2.24) is 0 Å². The smallest absolute Gasteiger partial charge is 0.261 e. The summed E-state index contributed by atoms with van der Waals surface area (Å²) < 4.78 is 0.493. The number of aliphatic hydroxyl groups is 1. The fraction of sp³-hybridized carbons (Fsp3) is 0.480. The van der Waals surface area contributed by atoms with E-state index in [0.717, 1.165) is 49.8 Å². The Balaban J connectivity index is 1.74. The maximum absolute atomic E-state index is 12.8. The van der Waals surface area contributed by atoms with E-state index in [1.54, 1.807) is 24.4 Å². The van der Waals surface area contributed by atoms with Crippen molar-refractivity contribution in [2.75, 3.05) is 30.0 Å². The number of rotatable bonds is 8. The van der Waals surface area contributed by atoms with Gasteiger partial charge in [0.25, 0.3) is 5.91 Å². The Labute approximate surface area is 214 Å². The number of nitrogens with two attached hydrogens (primary N) is 1. The first-order valence-electron chi connectivity index (χ1n) is 11.5. The van der Waals surface area contributed by atoms with Crippen LogP contribution in [-0.4, -0.2) is 53.9 Å². The number of nitrogens with zero attached hydrogens (tertiary/aromatic N) is 3. The molecule has 1 aromatic rings. The topological polar surface area (TPSA) is 124 Å². The number of allylic oxidation sites excluding steroid dienone is 3. The second-order valence-corrected chi connectivity index (χ2v) is 10.7.